The first-order valence-corrected chi connectivity index (χ1v) is 9.03. The van der Waals surface area contributed by atoms with Crippen LogP contribution in [-0.4, -0.2) is 35.5 Å². The molecular weight excluding hydrogens is 331 g/mol. The Balaban J connectivity index is 1.51. The SMILES string of the molecule is CC(C)(C(=O)NCC1CCN(c2ncccn2)CC1)c1cccc(F)c1. The van der Waals surface area contributed by atoms with Crippen molar-refractivity contribution in [3.8, 4) is 0 Å². The monoisotopic (exact) mass is 356 g/mol. The first-order valence-electron chi connectivity index (χ1n) is 9.03. The molecule has 0 bridgehead atoms. The van der Waals surface area contributed by atoms with Gasteiger partial charge in [0, 0.05) is 32.0 Å². The second-order valence-electron chi connectivity index (χ2n) is 7.32. The van der Waals surface area contributed by atoms with Crippen molar-refractivity contribution in [2.75, 3.05) is 24.5 Å². The Labute approximate surface area is 153 Å². The Kier molecular flexibility index (Phi) is 5.49. The van der Waals surface area contributed by atoms with E-state index in [1.54, 1.807) is 24.5 Å². The molecule has 1 aromatic carbocycles. The molecule has 1 aliphatic heterocycles. The second kappa shape index (κ2) is 7.81. The first-order chi connectivity index (χ1) is 12.5. The van der Waals surface area contributed by atoms with Gasteiger partial charge in [-0.3, -0.25) is 4.79 Å². The van der Waals surface area contributed by atoms with Crippen LogP contribution in [0.2, 0.25) is 0 Å². The van der Waals surface area contributed by atoms with Gasteiger partial charge in [-0.05, 0) is 56.4 Å². The zero-order chi connectivity index (χ0) is 18.6. The summed E-state index contributed by atoms with van der Waals surface area (Å²) in [6.45, 7) is 6.07. The third kappa shape index (κ3) is 4.18. The zero-order valence-electron chi connectivity index (χ0n) is 15.3. The van der Waals surface area contributed by atoms with E-state index in [2.05, 4.69) is 20.2 Å². The van der Waals surface area contributed by atoms with Crippen molar-refractivity contribution >= 4 is 11.9 Å². The maximum atomic E-state index is 13.5. The lowest BCUT2D eigenvalue weighted by Crippen LogP contribution is -2.44. The minimum atomic E-state index is -0.763. The van der Waals surface area contributed by atoms with Crippen molar-refractivity contribution in [3.63, 3.8) is 0 Å². The van der Waals surface area contributed by atoms with Gasteiger partial charge in [0.25, 0.3) is 0 Å². The Morgan fingerprint density at radius 1 is 1.23 bits per heavy atom. The molecule has 0 unspecified atom stereocenters. The molecule has 1 aromatic heterocycles. The van der Waals surface area contributed by atoms with Crippen molar-refractivity contribution in [2.24, 2.45) is 5.92 Å². The van der Waals surface area contributed by atoms with Gasteiger partial charge in [0.2, 0.25) is 11.9 Å². The third-order valence-electron chi connectivity index (χ3n) is 5.11. The van der Waals surface area contributed by atoms with E-state index in [-0.39, 0.29) is 11.7 Å². The van der Waals surface area contributed by atoms with Gasteiger partial charge >= 0.3 is 0 Å². The fourth-order valence-corrected chi connectivity index (χ4v) is 3.26. The number of benzene rings is 1. The van der Waals surface area contributed by atoms with E-state index in [9.17, 15) is 9.18 Å². The summed E-state index contributed by atoms with van der Waals surface area (Å²) in [5.74, 6) is 0.806. The van der Waals surface area contributed by atoms with Gasteiger partial charge in [-0.2, -0.15) is 0 Å². The van der Waals surface area contributed by atoms with E-state index < -0.39 is 5.41 Å². The summed E-state index contributed by atoms with van der Waals surface area (Å²) in [5.41, 5.74) is -0.0771. The first kappa shape index (κ1) is 18.3. The van der Waals surface area contributed by atoms with Crippen LogP contribution >= 0.6 is 0 Å². The van der Waals surface area contributed by atoms with Gasteiger partial charge < -0.3 is 10.2 Å². The molecule has 0 spiro atoms. The zero-order valence-corrected chi connectivity index (χ0v) is 15.3. The number of hydrogen-bond acceptors (Lipinski definition) is 4. The molecule has 1 N–H and O–H groups in total. The van der Waals surface area contributed by atoms with Crippen molar-refractivity contribution in [1.82, 2.24) is 15.3 Å². The quantitative estimate of drug-likeness (QED) is 0.895. The maximum Gasteiger partial charge on any atom is 0.230 e. The summed E-state index contributed by atoms with van der Waals surface area (Å²) in [4.78, 5) is 23.4. The van der Waals surface area contributed by atoms with Gasteiger partial charge in [-0.15, -0.1) is 0 Å². The summed E-state index contributed by atoms with van der Waals surface area (Å²) in [6.07, 6.45) is 5.48. The number of hydrogen-bond donors (Lipinski definition) is 1. The summed E-state index contributed by atoms with van der Waals surface area (Å²) in [6, 6.07) is 8.06. The van der Waals surface area contributed by atoms with Crippen molar-refractivity contribution in [1.29, 1.82) is 0 Å². The number of piperidine rings is 1. The highest BCUT2D eigenvalue weighted by molar-refractivity contribution is 5.87. The van der Waals surface area contributed by atoms with Crippen molar-refractivity contribution < 1.29 is 9.18 Å². The fraction of sp³-hybridized carbons (Fsp3) is 0.450. The predicted octanol–water partition coefficient (Wildman–Crippen LogP) is 2.93. The van der Waals surface area contributed by atoms with Crippen LogP contribution in [0.1, 0.15) is 32.3 Å². The molecule has 3 rings (SSSR count). The molecule has 1 fully saturated rings. The number of carbonyl (C=O) groups is 1. The van der Waals surface area contributed by atoms with E-state index in [4.69, 9.17) is 0 Å². The normalized spacial score (nSPS) is 15.7. The van der Waals surface area contributed by atoms with Gasteiger partial charge in [-0.25, -0.2) is 14.4 Å². The topological polar surface area (TPSA) is 58.1 Å². The van der Waals surface area contributed by atoms with Crippen LogP contribution in [0.4, 0.5) is 10.3 Å². The molecule has 26 heavy (non-hydrogen) atoms. The van der Waals surface area contributed by atoms with Crippen molar-refractivity contribution in [2.45, 2.75) is 32.1 Å². The molecule has 0 aliphatic carbocycles. The summed E-state index contributed by atoms with van der Waals surface area (Å²) in [5, 5.41) is 3.05. The number of nitrogens with one attached hydrogen (secondary N) is 1. The van der Waals surface area contributed by atoms with E-state index in [1.807, 2.05) is 19.9 Å². The van der Waals surface area contributed by atoms with Crippen LogP contribution in [0.5, 0.6) is 0 Å². The molecule has 0 saturated carbocycles. The lowest BCUT2D eigenvalue weighted by atomic mass is 9.83. The number of nitrogens with zero attached hydrogens (tertiary/aromatic N) is 3. The van der Waals surface area contributed by atoms with Gasteiger partial charge in [-0.1, -0.05) is 12.1 Å². The molecule has 138 valence electrons. The minimum absolute atomic E-state index is 0.0723. The third-order valence-corrected chi connectivity index (χ3v) is 5.11. The highest BCUT2D eigenvalue weighted by atomic mass is 19.1. The van der Waals surface area contributed by atoms with Crippen LogP contribution in [0, 0.1) is 11.7 Å². The smallest absolute Gasteiger partial charge is 0.230 e. The Morgan fingerprint density at radius 2 is 1.92 bits per heavy atom. The number of carbonyl (C=O) groups excluding carboxylic acids is 1. The minimum Gasteiger partial charge on any atom is -0.355 e. The molecule has 0 radical (unpaired) electrons. The van der Waals surface area contributed by atoms with Crippen LogP contribution in [-0.2, 0) is 10.2 Å². The summed E-state index contributed by atoms with van der Waals surface area (Å²) >= 11 is 0. The lowest BCUT2D eigenvalue weighted by molar-refractivity contribution is -0.125. The van der Waals surface area contributed by atoms with E-state index >= 15 is 0 Å². The highest BCUT2D eigenvalue weighted by Gasteiger charge is 2.31. The van der Waals surface area contributed by atoms with Gasteiger partial charge in [0.1, 0.15) is 5.82 Å². The Bertz CT molecular complexity index is 742. The van der Waals surface area contributed by atoms with E-state index in [0.29, 0.717) is 18.0 Å². The average molecular weight is 356 g/mol. The van der Waals surface area contributed by atoms with Crippen LogP contribution in [0.25, 0.3) is 0 Å². The molecular formula is C20H25FN4O. The second-order valence-corrected chi connectivity index (χ2v) is 7.32. The standard InChI is InChI=1S/C20H25FN4O/c1-20(2,16-5-3-6-17(21)13-16)18(26)24-14-15-7-11-25(12-8-15)19-22-9-4-10-23-19/h3-6,9-10,13,15H,7-8,11-12,14H2,1-2H3,(H,24,26). The Morgan fingerprint density at radius 3 is 2.58 bits per heavy atom. The van der Waals surface area contributed by atoms with E-state index in [0.717, 1.165) is 31.9 Å². The number of rotatable bonds is 5. The van der Waals surface area contributed by atoms with Gasteiger partial charge in [0.15, 0.2) is 0 Å². The Hall–Kier alpha value is -2.50. The lowest BCUT2D eigenvalue weighted by Gasteiger charge is -2.33. The molecule has 1 amide bonds. The molecule has 2 heterocycles. The van der Waals surface area contributed by atoms with Gasteiger partial charge in [0.05, 0.1) is 5.41 Å². The maximum absolute atomic E-state index is 13.5. The molecule has 5 nitrogen and oxygen atoms in total. The fourth-order valence-electron chi connectivity index (χ4n) is 3.26. The van der Waals surface area contributed by atoms with Crippen LogP contribution in [0.15, 0.2) is 42.7 Å². The average Bonchev–Trinajstić information content (AvgIpc) is 2.67. The number of halogens is 1. The van der Waals surface area contributed by atoms with Crippen LogP contribution < -0.4 is 10.2 Å². The highest BCUT2D eigenvalue weighted by Crippen LogP contribution is 2.25. The molecule has 1 saturated heterocycles. The molecule has 6 heteroatoms. The summed E-state index contributed by atoms with van der Waals surface area (Å²) in [7, 11) is 0. The molecule has 2 aromatic rings. The number of aromatic nitrogens is 2. The largest absolute Gasteiger partial charge is 0.355 e. The number of amides is 1. The molecule has 0 atom stereocenters. The molecule has 1 aliphatic rings. The van der Waals surface area contributed by atoms with E-state index in [1.165, 1.54) is 12.1 Å². The van der Waals surface area contributed by atoms with Crippen LogP contribution in [0.3, 0.4) is 0 Å². The van der Waals surface area contributed by atoms with Crippen molar-refractivity contribution in [3.05, 3.63) is 54.1 Å². The predicted molar refractivity (Wildman–Crippen MR) is 99.4 cm³/mol. The number of anilines is 1. The summed E-state index contributed by atoms with van der Waals surface area (Å²) < 4.78 is 13.5.